The minimum absolute atomic E-state index is 0.0113. The van der Waals surface area contributed by atoms with E-state index in [1.165, 1.54) is 92.8 Å². The molecule has 1 aliphatic heterocycles. The highest BCUT2D eigenvalue weighted by atomic mass is 16.5. The molecule has 22 nitrogen and oxygen atoms in total. The summed E-state index contributed by atoms with van der Waals surface area (Å²) >= 11 is 0. The monoisotopic (exact) mass is 1300 g/mol. The molecule has 1 rings (SSSR count). The normalized spacial score (nSPS) is 27.1. The van der Waals surface area contributed by atoms with Gasteiger partial charge in [-0.15, -0.1) is 0 Å². The van der Waals surface area contributed by atoms with Gasteiger partial charge in [-0.1, -0.05) is 130 Å². The Morgan fingerprint density at radius 1 is 0.500 bits per heavy atom. The van der Waals surface area contributed by atoms with Gasteiger partial charge in [0.25, 0.3) is 0 Å². The van der Waals surface area contributed by atoms with Gasteiger partial charge in [-0.05, 0) is 80.5 Å². The average Bonchev–Trinajstić information content (AvgIpc) is 0.861. The van der Waals surface area contributed by atoms with Gasteiger partial charge >= 0.3 is 5.97 Å². The number of likely N-dealkylation sites (N-methyl/N-ethyl adjacent to an activating group) is 7. The number of hydrogen-bond donors (Lipinski definition) is 1. The SMILES string of the molecule is C/C=C/C[C@@H](C)[C@@H](OC(C)=O)[C@H]1C(=O)N[C@@H](CC)C(=O)N(C)[C@H](C(C)C)C(=O)N(C)[C@@H]([C@H](C)COC)C(=O)C[C@@H](C(C)C)C(=O)N(C)[C@@H](CC(C)C)C(=O)C[C@@H](C)C(=O)C[C@H](C)C(=O)N(C)[C@@H](CC(C)C)C(=O)N(C)[C@@H](CC(C)C)C(=O)N(C)[C@@H](C(C)C)C(=O)N1C. The third-order valence-electron chi connectivity index (χ3n) is 18.3. The number of Topliss-reactive ketones (excluding diaryl/α,β-unsaturated/α-hetero) is 3. The Hall–Kier alpha value is -6.06. The molecule has 0 spiro atoms. The molecule has 0 aliphatic carbocycles. The van der Waals surface area contributed by atoms with Crippen molar-refractivity contribution in [3.8, 4) is 0 Å². The molecule has 1 aliphatic rings. The molecule has 1 N–H and O–H groups in total. The zero-order chi connectivity index (χ0) is 71.4. The van der Waals surface area contributed by atoms with Crippen LogP contribution in [0.5, 0.6) is 0 Å². The van der Waals surface area contributed by atoms with E-state index < -0.39 is 161 Å². The molecular formula is C70H122N8O14. The third-order valence-corrected chi connectivity index (χ3v) is 18.3. The summed E-state index contributed by atoms with van der Waals surface area (Å²) in [6.07, 6.45) is 2.30. The van der Waals surface area contributed by atoms with Crippen LogP contribution >= 0.6 is 0 Å². The van der Waals surface area contributed by atoms with Gasteiger partial charge in [-0.3, -0.25) is 57.5 Å². The van der Waals surface area contributed by atoms with Gasteiger partial charge in [0, 0.05) is 106 Å². The van der Waals surface area contributed by atoms with Crippen molar-refractivity contribution in [2.24, 2.45) is 65.1 Å². The number of allylic oxidation sites excluding steroid dienone is 2. The van der Waals surface area contributed by atoms with Crippen LogP contribution in [0.2, 0.25) is 0 Å². The Labute approximate surface area is 552 Å². The molecule has 526 valence electrons. The number of carbonyl (C=O) groups excluding carboxylic acids is 12. The van der Waals surface area contributed by atoms with Crippen molar-refractivity contribution >= 4 is 70.6 Å². The number of ketones is 3. The van der Waals surface area contributed by atoms with Crippen molar-refractivity contribution in [1.29, 1.82) is 0 Å². The minimum Gasteiger partial charge on any atom is -0.459 e. The maximum Gasteiger partial charge on any atom is 0.303 e. The van der Waals surface area contributed by atoms with Crippen molar-refractivity contribution in [3.63, 3.8) is 0 Å². The second-order valence-corrected chi connectivity index (χ2v) is 28.8. The Bertz CT molecular complexity index is 2550. The van der Waals surface area contributed by atoms with E-state index in [0.29, 0.717) is 6.42 Å². The predicted octanol–water partition coefficient (Wildman–Crippen LogP) is 7.37. The first-order chi connectivity index (χ1) is 42.5. The second-order valence-electron chi connectivity index (χ2n) is 28.8. The summed E-state index contributed by atoms with van der Waals surface area (Å²) in [5.74, 6) is -13.1. The van der Waals surface area contributed by atoms with Gasteiger partial charge in [-0.2, -0.15) is 0 Å². The third kappa shape index (κ3) is 22.9. The topological polar surface area (TPSA) is 258 Å². The number of rotatable bonds is 18. The van der Waals surface area contributed by atoms with Crippen molar-refractivity contribution in [2.45, 2.75) is 237 Å². The van der Waals surface area contributed by atoms with E-state index in [0.717, 1.165) is 4.90 Å². The average molecular weight is 1300 g/mol. The molecule has 92 heavy (non-hydrogen) atoms. The lowest BCUT2D eigenvalue weighted by atomic mass is 9.83. The summed E-state index contributed by atoms with van der Waals surface area (Å²) in [4.78, 5) is 187. The van der Waals surface area contributed by atoms with E-state index in [4.69, 9.17) is 9.47 Å². The fraction of sp³-hybridized carbons (Fsp3) is 0.800. The number of carbonyl (C=O) groups is 12. The highest BCUT2D eigenvalue weighted by Gasteiger charge is 2.48. The van der Waals surface area contributed by atoms with Crippen LogP contribution in [0.4, 0.5) is 0 Å². The van der Waals surface area contributed by atoms with Gasteiger partial charge in [0.15, 0.2) is 11.6 Å². The van der Waals surface area contributed by atoms with Gasteiger partial charge in [0.2, 0.25) is 47.3 Å². The second kappa shape index (κ2) is 38.3. The summed E-state index contributed by atoms with van der Waals surface area (Å²) in [6, 6.07) is -9.90. The largest absolute Gasteiger partial charge is 0.459 e. The number of methoxy groups -OCH3 is 1. The van der Waals surface area contributed by atoms with Crippen LogP contribution < -0.4 is 5.32 Å². The standard InChI is InChI=1S/C70H122N8O14/c1-28-30-31-45(15)62(92-49(19)79)61-63(83)71-51(29-2)66(86)75(23)58(43(11)12)69(89)77(25)60(48(18)38-91-27)57(82)37-50(42(9)10)65(85)72(20)52(32-39(3)4)56(81)35-46(16)55(80)36-47(17)64(84)73(21)53(33-40(5)6)67(87)74(22)54(34-41(7)8)68(88)76(24)59(44(13)14)70(90)78(61)26/h28,30,39-48,50-54,58-62H,29,31-38H2,1-27H3,(H,71,83)/b30-28+/t45-,46-,47+,48-,50+,51+,52+,53+,54+,58-,59+,60+,61+,62-/m1/s1. The van der Waals surface area contributed by atoms with Crippen LogP contribution in [0, 0.1) is 65.1 Å². The molecule has 1 fully saturated rings. The van der Waals surface area contributed by atoms with Gasteiger partial charge in [0.05, 0.1) is 18.7 Å². The summed E-state index contributed by atoms with van der Waals surface area (Å²) in [6.45, 7) is 33.3. The Balaban J connectivity index is 4.60. The van der Waals surface area contributed by atoms with E-state index in [9.17, 15) is 24.0 Å². The minimum atomic E-state index is -1.62. The summed E-state index contributed by atoms with van der Waals surface area (Å²) < 4.78 is 11.5. The molecule has 22 heteroatoms. The summed E-state index contributed by atoms with van der Waals surface area (Å²) in [5.41, 5.74) is 0. The van der Waals surface area contributed by atoms with Gasteiger partial charge in [-0.25, -0.2) is 0 Å². The van der Waals surface area contributed by atoms with Crippen LogP contribution in [0.15, 0.2) is 12.2 Å². The zero-order valence-corrected chi connectivity index (χ0v) is 61.4. The molecule has 14 atom stereocenters. The summed E-state index contributed by atoms with van der Waals surface area (Å²) in [7, 11) is 11.7. The Morgan fingerprint density at radius 2 is 0.913 bits per heavy atom. The maximum absolute atomic E-state index is 15.5. The van der Waals surface area contributed by atoms with Crippen LogP contribution in [-0.4, -0.2) is 222 Å². The number of ether oxygens (including phenoxy) is 2. The molecule has 1 heterocycles. The highest BCUT2D eigenvalue weighted by molar-refractivity contribution is 6.00. The molecule has 0 saturated carbocycles. The maximum atomic E-state index is 15.5. The molecule has 0 unspecified atom stereocenters. The molecule has 8 amide bonds. The van der Waals surface area contributed by atoms with E-state index >= 15 is 33.6 Å². The first kappa shape index (κ1) is 84.0. The van der Waals surface area contributed by atoms with E-state index in [1.807, 2.05) is 47.6 Å². The Morgan fingerprint density at radius 3 is 1.34 bits per heavy atom. The molecular weight excluding hydrogens is 1180 g/mol. The molecule has 0 aromatic rings. The van der Waals surface area contributed by atoms with Crippen molar-refractivity contribution in [3.05, 3.63) is 12.2 Å². The fourth-order valence-corrected chi connectivity index (χ4v) is 12.9. The molecule has 1 saturated heterocycles. The van der Waals surface area contributed by atoms with Crippen molar-refractivity contribution in [2.75, 3.05) is 63.1 Å². The van der Waals surface area contributed by atoms with Crippen molar-refractivity contribution < 1.29 is 67.0 Å². The lowest BCUT2D eigenvalue weighted by molar-refractivity contribution is -0.164. The molecule has 0 bridgehead atoms. The fourth-order valence-electron chi connectivity index (χ4n) is 12.9. The quantitative estimate of drug-likeness (QED) is 0.104. The number of nitrogens with one attached hydrogen (secondary N) is 1. The highest BCUT2D eigenvalue weighted by Crippen LogP contribution is 2.30. The summed E-state index contributed by atoms with van der Waals surface area (Å²) in [5, 5.41) is 2.86. The lowest BCUT2D eigenvalue weighted by Crippen LogP contribution is -2.64. The number of nitrogens with zero attached hydrogens (tertiary/aromatic N) is 7. The number of amides is 8. The van der Waals surface area contributed by atoms with E-state index in [-0.39, 0.29) is 80.9 Å². The molecule has 0 aromatic heterocycles. The number of esters is 1. The van der Waals surface area contributed by atoms with E-state index in [2.05, 4.69) is 5.32 Å². The Kier molecular flexibility index (Phi) is 35.0. The van der Waals surface area contributed by atoms with Crippen LogP contribution in [0.1, 0.15) is 183 Å². The lowest BCUT2D eigenvalue weighted by Gasteiger charge is -2.42. The van der Waals surface area contributed by atoms with Crippen LogP contribution in [0.3, 0.4) is 0 Å². The van der Waals surface area contributed by atoms with Crippen molar-refractivity contribution in [1.82, 2.24) is 39.6 Å². The first-order valence-electron chi connectivity index (χ1n) is 33.5. The van der Waals surface area contributed by atoms with E-state index in [1.54, 1.807) is 89.2 Å². The predicted molar refractivity (Wildman–Crippen MR) is 357 cm³/mol. The smallest absolute Gasteiger partial charge is 0.303 e. The van der Waals surface area contributed by atoms with Gasteiger partial charge < -0.3 is 49.1 Å². The first-order valence-corrected chi connectivity index (χ1v) is 33.5. The van der Waals surface area contributed by atoms with Gasteiger partial charge in [0.1, 0.15) is 48.1 Å². The van der Waals surface area contributed by atoms with Crippen LogP contribution in [-0.2, 0) is 67.0 Å². The molecule has 0 aromatic carbocycles. The van der Waals surface area contributed by atoms with Crippen LogP contribution in [0.25, 0.3) is 0 Å². The zero-order valence-electron chi connectivity index (χ0n) is 61.4. The number of hydrogen-bond acceptors (Lipinski definition) is 14. The molecule has 0 radical (unpaired) electrons.